The van der Waals surface area contributed by atoms with Crippen LogP contribution in [0.2, 0.25) is 0 Å². The maximum Gasteiger partial charge on any atom is 0.225 e. The number of nitrogens with zero attached hydrogens (tertiary/aromatic N) is 3. The first-order chi connectivity index (χ1) is 14.6. The van der Waals surface area contributed by atoms with Crippen molar-refractivity contribution >= 4 is 29.1 Å². The molecule has 2 saturated heterocycles. The summed E-state index contributed by atoms with van der Waals surface area (Å²) in [7, 11) is 0. The molecular weight excluding hydrogens is 380 g/mol. The number of hydrogen-bond donors (Lipinski definition) is 3. The van der Waals surface area contributed by atoms with Gasteiger partial charge in [0.15, 0.2) is 0 Å². The molecule has 3 atom stereocenters. The van der Waals surface area contributed by atoms with Crippen molar-refractivity contribution in [2.75, 3.05) is 23.3 Å². The van der Waals surface area contributed by atoms with Gasteiger partial charge in [0, 0.05) is 37.8 Å². The highest BCUT2D eigenvalue weighted by Crippen LogP contribution is 2.38. The molecule has 0 radical (unpaired) electrons. The van der Waals surface area contributed by atoms with Crippen LogP contribution >= 0.6 is 0 Å². The van der Waals surface area contributed by atoms with Gasteiger partial charge in [0.1, 0.15) is 0 Å². The van der Waals surface area contributed by atoms with Gasteiger partial charge in [-0.3, -0.25) is 9.59 Å². The molecule has 2 aromatic rings. The predicted octanol–water partition coefficient (Wildman–Crippen LogP) is 1.96. The first-order valence-electron chi connectivity index (χ1n) is 10.6. The van der Waals surface area contributed by atoms with E-state index >= 15 is 0 Å². The minimum absolute atomic E-state index is 0.0600. The summed E-state index contributed by atoms with van der Waals surface area (Å²) >= 11 is 0. The molecule has 3 N–H and O–H groups in total. The molecule has 1 aromatic heterocycles. The van der Waals surface area contributed by atoms with Gasteiger partial charge in [-0.2, -0.15) is 0 Å². The van der Waals surface area contributed by atoms with Gasteiger partial charge in [0.25, 0.3) is 0 Å². The fourth-order valence-corrected chi connectivity index (χ4v) is 4.70. The highest BCUT2D eigenvalue weighted by molar-refractivity contribution is 5.89. The Balaban J connectivity index is 1.13. The molecule has 2 aliphatic heterocycles. The van der Waals surface area contributed by atoms with Gasteiger partial charge in [-0.15, -0.1) is 0 Å². The summed E-state index contributed by atoms with van der Waals surface area (Å²) in [5.41, 5.74) is 2.79. The summed E-state index contributed by atoms with van der Waals surface area (Å²) < 4.78 is 0. The van der Waals surface area contributed by atoms with Crippen LogP contribution in [0.5, 0.6) is 0 Å². The molecule has 1 unspecified atom stereocenters. The molecule has 0 spiro atoms. The van der Waals surface area contributed by atoms with E-state index in [4.69, 9.17) is 0 Å². The van der Waals surface area contributed by atoms with Gasteiger partial charge in [0.2, 0.25) is 17.8 Å². The topological polar surface area (TPSA) is 99.2 Å². The fraction of sp³-hybridized carbons (Fsp3) is 0.455. The van der Waals surface area contributed by atoms with Crippen LogP contribution in [-0.4, -0.2) is 40.9 Å². The number of nitrogens with one attached hydrogen (secondary N) is 3. The van der Waals surface area contributed by atoms with E-state index in [1.807, 2.05) is 36.7 Å². The van der Waals surface area contributed by atoms with Crippen LogP contribution in [-0.2, 0) is 16.1 Å². The average Bonchev–Trinajstić information content (AvgIpc) is 3.51. The van der Waals surface area contributed by atoms with E-state index in [9.17, 15) is 9.59 Å². The third-order valence-electron chi connectivity index (χ3n) is 6.36. The van der Waals surface area contributed by atoms with Crippen LogP contribution in [0, 0.1) is 11.8 Å². The van der Waals surface area contributed by atoms with E-state index in [1.54, 1.807) is 0 Å². The molecule has 2 bridgehead atoms. The highest BCUT2D eigenvalue weighted by Gasteiger charge is 2.38. The van der Waals surface area contributed by atoms with E-state index in [0.29, 0.717) is 19.1 Å². The number of carbonyl (C=O) groups excluding carboxylic acids is 2. The Morgan fingerprint density at radius 2 is 1.93 bits per heavy atom. The first-order valence-corrected chi connectivity index (χ1v) is 10.6. The molecule has 3 fully saturated rings. The molecule has 1 aliphatic carbocycles. The largest absolute Gasteiger partial charge is 0.355 e. The number of benzene rings is 1. The zero-order chi connectivity index (χ0) is 20.5. The Bertz CT molecular complexity index is 930. The monoisotopic (exact) mass is 406 g/mol. The van der Waals surface area contributed by atoms with Gasteiger partial charge in [-0.1, -0.05) is 12.1 Å². The van der Waals surface area contributed by atoms with E-state index < -0.39 is 0 Å². The molecule has 2 amide bonds. The zero-order valence-electron chi connectivity index (χ0n) is 16.8. The summed E-state index contributed by atoms with van der Waals surface area (Å²) in [5, 5.41) is 8.90. The molecular formula is C22H26N6O2. The van der Waals surface area contributed by atoms with Crippen LogP contribution in [0.3, 0.4) is 0 Å². The minimum atomic E-state index is -0.267. The van der Waals surface area contributed by atoms with Gasteiger partial charge in [0.05, 0.1) is 24.0 Å². The number of anilines is 3. The second kappa shape index (κ2) is 7.93. The molecule has 30 heavy (non-hydrogen) atoms. The first kappa shape index (κ1) is 18.8. The summed E-state index contributed by atoms with van der Waals surface area (Å²) in [6, 6.07) is 8.49. The molecule has 5 rings (SSSR count). The molecule has 156 valence electrons. The van der Waals surface area contributed by atoms with Crippen molar-refractivity contribution < 1.29 is 9.59 Å². The van der Waals surface area contributed by atoms with Crippen molar-refractivity contribution in [3.63, 3.8) is 0 Å². The maximum absolute atomic E-state index is 12.1. The van der Waals surface area contributed by atoms with E-state index in [0.717, 1.165) is 35.3 Å². The second-order valence-electron chi connectivity index (χ2n) is 8.50. The third-order valence-corrected chi connectivity index (χ3v) is 6.36. The molecule has 3 aliphatic rings. The van der Waals surface area contributed by atoms with Crippen molar-refractivity contribution in [2.24, 2.45) is 11.8 Å². The highest BCUT2D eigenvalue weighted by atomic mass is 16.2. The van der Waals surface area contributed by atoms with Gasteiger partial charge in [-0.25, -0.2) is 9.97 Å². The molecule has 8 nitrogen and oxygen atoms in total. The second-order valence-corrected chi connectivity index (χ2v) is 8.50. The van der Waals surface area contributed by atoms with E-state index in [2.05, 4.69) is 30.8 Å². The quantitative estimate of drug-likeness (QED) is 0.678. The lowest BCUT2D eigenvalue weighted by atomic mass is 10.1. The van der Waals surface area contributed by atoms with E-state index in [-0.39, 0.29) is 24.2 Å². The number of aromatic nitrogens is 2. The third kappa shape index (κ3) is 3.94. The van der Waals surface area contributed by atoms with Crippen molar-refractivity contribution in [1.82, 2.24) is 20.6 Å². The lowest BCUT2D eigenvalue weighted by molar-refractivity contribution is -0.126. The summed E-state index contributed by atoms with van der Waals surface area (Å²) in [6.07, 6.45) is 7.83. The van der Waals surface area contributed by atoms with Crippen LogP contribution < -0.4 is 20.9 Å². The van der Waals surface area contributed by atoms with Crippen molar-refractivity contribution in [1.29, 1.82) is 0 Å². The van der Waals surface area contributed by atoms with Crippen LogP contribution in [0.15, 0.2) is 36.7 Å². The average molecular weight is 406 g/mol. The molecule has 8 heteroatoms. The van der Waals surface area contributed by atoms with Gasteiger partial charge < -0.3 is 20.9 Å². The Labute approximate surface area is 175 Å². The number of carbonyl (C=O) groups is 2. The number of piperidine rings is 1. The maximum atomic E-state index is 12.1. The Kier molecular flexibility index (Phi) is 4.98. The van der Waals surface area contributed by atoms with Crippen molar-refractivity contribution in [3.05, 3.63) is 42.2 Å². The molecule has 3 heterocycles. The lowest BCUT2D eigenvalue weighted by Crippen LogP contribution is -2.33. The number of amides is 2. The standard InChI is InChI=1S/C22H26N6O2/c29-20-8-16(10-23-20)21(30)24-9-14-1-4-17(5-2-14)27-18-11-25-22(26-12-18)28-13-15-3-6-19(28)7-15/h1-2,4-5,11-12,15-16,19,27H,3,6-10,13H2,(H,23,29)(H,24,30)/t15-,16?,19+/m0/s1. The molecule has 1 saturated carbocycles. The SMILES string of the molecule is O=C1CC(C(=O)NCc2ccc(Nc3cnc(N4C[C@H]5CC[C@@H]4C5)nc3)cc2)CN1. The number of rotatable bonds is 6. The van der Waals surface area contributed by atoms with Crippen LogP contribution in [0.1, 0.15) is 31.2 Å². The van der Waals surface area contributed by atoms with Gasteiger partial charge >= 0.3 is 0 Å². The zero-order valence-corrected chi connectivity index (χ0v) is 16.8. The smallest absolute Gasteiger partial charge is 0.225 e. The Morgan fingerprint density at radius 3 is 2.57 bits per heavy atom. The Hall–Kier alpha value is -3.16. The fourth-order valence-electron chi connectivity index (χ4n) is 4.70. The lowest BCUT2D eigenvalue weighted by Gasteiger charge is -2.26. The number of fused-ring (bicyclic) bond motifs is 2. The van der Waals surface area contributed by atoms with Crippen LogP contribution in [0.4, 0.5) is 17.3 Å². The summed E-state index contributed by atoms with van der Waals surface area (Å²) in [5.74, 6) is 1.24. The van der Waals surface area contributed by atoms with Crippen molar-refractivity contribution in [2.45, 2.75) is 38.3 Å². The number of hydrogen-bond acceptors (Lipinski definition) is 6. The summed E-state index contributed by atoms with van der Waals surface area (Å²) in [6.45, 7) is 1.95. The van der Waals surface area contributed by atoms with E-state index in [1.165, 1.54) is 19.3 Å². The van der Waals surface area contributed by atoms with Crippen molar-refractivity contribution in [3.8, 4) is 0 Å². The predicted molar refractivity (Wildman–Crippen MR) is 113 cm³/mol. The summed E-state index contributed by atoms with van der Waals surface area (Å²) in [4.78, 5) is 34.8. The normalized spacial score (nSPS) is 24.7. The minimum Gasteiger partial charge on any atom is -0.355 e. The Morgan fingerprint density at radius 1 is 1.13 bits per heavy atom. The molecule has 1 aromatic carbocycles. The van der Waals surface area contributed by atoms with Gasteiger partial charge in [-0.05, 0) is 42.9 Å². The van der Waals surface area contributed by atoms with Crippen LogP contribution in [0.25, 0.3) is 0 Å².